The van der Waals surface area contributed by atoms with Gasteiger partial charge in [0.25, 0.3) is 0 Å². The van der Waals surface area contributed by atoms with Gasteiger partial charge < -0.3 is 10.3 Å². The first kappa shape index (κ1) is 21.8. The van der Waals surface area contributed by atoms with Gasteiger partial charge in [0.1, 0.15) is 5.82 Å². The highest BCUT2D eigenvalue weighted by atomic mass is 32.2. The summed E-state index contributed by atoms with van der Waals surface area (Å²) in [5.74, 6) is 0.479. The molecule has 1 amide bonds. The van der Waals surface area contributed by atoms with Gasteiger partial charge in [-0.2, -0.15) is 0 Å². The van der Waals surface area contributed by atoms with Crippen LogP contribution in [0.2, 0.25) is 0 Å². The van der Waals surface area contributed by atoms with E-state index in [0.717, 1.165) is 28.1 Å². The van der Waals surface area contributed by atoms with Crippen LogP contribution >= 0.6 is 11.8 Å². The minimum Gasteiger partial charge on any atom is -0.332 e. The molecule has 2 heterocycles. The fourth-order valence-electron chi connectivity index (χ4n) is 3.31. The highest BCUT2D eigenvalue weighted by Gasteiger charge is 2.20. The Morgan fingerprint density at radius 2 is 1.56 bits per heavy atom. The van der Waals surface area contributed by atoms with Gasteiger partial charge in [-0.3, -0.25) is 4.79 Å². The number of amides is 1. The molecule has 0 saturated heterocycles. The molecule has 32 heavy (non-hydrogen) atoms. The number of carbonyl (C=O) groups excluding carboxylic acids is 1. The summed E-state index contributed by atoms with van der Waals surface area (Å²) in [7, 11) is 0. The van der Waals surface area contributed by atoms with E-state index in [1.807, 2.05) is 26.0 Å². The fourth-order valence-corrected chi connectivity index (χ4v) is 4.12. The minimum atomic E-state index is -0.348. The van der Waals surface area contributed by atoms with E-state index in [9.17, 15) is 4.79 Å². The lowest BCUT2D eigenvalue weighted by atomic mass is 10.0. The van der Waals surface area contributed by atoms with Gasteiger partial charge in [-0.05, 0) is 39.3 Å². The van der Waals surface area contributed by atoms with E-state index >= 15 is 0 Å². The SMILES string of the molecule is Cc1ccc(-c2nc(SC(C)C(=O)Nc3ncccc3C)[nH]c2-c2ccc(C)cc2)cc1. The Hall–Kier alpha value is -3.38. The fraction of sp³-hybridized carbons (Fsp3) is 0.192. The van der Waals surface area contributed by atoms with E-state index < -0.39 is 0 Å². The number of H-pyrrole nitrogens is 1. The molecule has 0 aliphatic carbocycles. The molecule has 0 bridgehead atoms. The van der Waals surface area contributed by atoms with Gasteiger partial charge in [-0.1, -0.05) is 77.5 Å². The molecule has 0 fully saturated rings. The number of anilines is 1. The third-order valence-electron chi connectivity index (χ3n) is 5.26. The molecule has 0 spiro atoms. The van der Waals surface area contributed by atoms with Gasteiger partial charge in [0, 0.05) is 17.3 Å². The molecule has 0 saturated carbocycles. The van der Waals surface area contributed by atoms with Crippen LogP contribution < -0.4 is 5.32 Å². The molecular formula is C26H26N4OS. The number of pyridine rings is 1. The summed E-state index contributed by atoms with van der Waals surface area (Å²) in [5.41, 5.74) is 7.26. The van der Waals surface area contributed by atoms with Crippen molar-refractivity contribution in [2.75, 3.05) is 5.32 Å². The molecule has 0 radical (unpaired) electrons. The molecule has 2 aromatic heterocycles. The van der Waals surface area contributed by atoms with Crippen molar-refractivity contribution in [2.45, 2.75) is 38.1 Å². The van der Waals surface area contributed by atoms with Gasteiger partial charge in [0.05, 0.1) is 16.6 Å². The number of thioether (sulfide) groups is 1. The Morgan fingerprint density at radius 3 is 2.19 bits per heavy atom. The predicted octanol–water partition coefficient (Wildman–Crippen LogP) is 6.18. The zero-order valence-corrected chi connectivity index (χ0v) is 19.5. The monoisotopic (exact) mass is 442 g/mol. The normalized spacial score (nSPS) is 11.9. The zero-order chi connectivity index (χ0) is 22.7. The van der Waals surface area contributed by atoms with Crippen LogP contribution in [0.15, 0.2) is 72.0 Å². The Balaban J connectivity index is 1.62. The Kier molecular flexibility index (Phi) is 6.42. The highest BCUT2D eigenvalue weighted by molar-refractivity contribution is 8.00. The Labute approximate surface area is 192 Å². The van der Waals surface area contributed by atoms with E-state index in [2.05, 4.69) is 77.7 Å². The summed E-state index contributed by atoms with van der Waals surface area (Å²) in [5, 5.41) is 3.27. The molecule has 5 nitrogen and oxygen atoms in total. The third kappa shape index (κ3) is 4.92. The molecule has 0 aliphatic heterocycles. The van der Waals surface area contributed by atoms with Crippen LogP contribution in [-0.4, -0.2) is 26.1 Å². The average Bonchev–Trinajstić information content (AvgIpc) is 3.20. The maximum atomic E-state index is 12.8. The molecule has 4 rings (SSSR count). The van der Waals surface area contributed by atoms with Crippen LogP contribution in [0.5, 0.6) is 0 Å². The van der Waals surface area contributed by atoms with E-state index in [4.69, 9.17) is 4.98 Å². The molecule has 0 aliphatic rings. The van der Waals surface area contributed by atoms with Crippen molar-refractivity contribution in [2.24, 2.45) is 0 Å². The standard InChI is InChI=1S/C26H26N4OS/c1-16-7-11-20(12-8-16)22-23(21-13-9-17(2)10-14-21)29-26(28-22)32-19(4)25(31)30-24-18(3)6-5-15-27-24/h5-15,19H,1-4H3,(H,28,29)(H,27,30,31). The van der Waals surface area contributed by atoms with Crippen LogP contribution in [0.3, 0.4) is 0 Å². The lowest BCUT2D eigenvalue weighted by molar-refractivity contribution is -0.115. The van der Waals surface area contributed by atoms with Crippen molar-refractivity contribution in [1.29, 1.82) is 0 Å². The van der Waals surface area contributed by atoms with E-state index in [0.29, 0.717) is 11.0 Å². The Morgan fingerprint density at radius 1 is 0.938 bits per heavy atom. The first-order valence-electron chi connectivity index (χ1n) is 10.5. The van der Waals surface area contributed by atoms with Crippen LogP contribution in [-0.2, 0) is 4.79 Å². The number of nitrogens with zero attached hydrogens (tertiary/aromatic N) is 2. The number of aromatic nitrogens is 3. The maximum absolute atomic E-state index is 12.8. The molecule has 1 unspecified atom stereocenters. The van der Waals surface area contributed by atoms with Crippen molar-refractivity contribution < 1.29 is 4.79 Å². The van der Waals surface area contributed by atoms with E-state index in [1.54, 1.807) is 6.20 Å². The summed E-state index contributed by atoms with van der Waals surface area (Å²) in [6.07, 6.45) is 1.68. The third-order valence-corrected chi connectivity index (χ3v) is 6.24. The summed E-state index contributed by atoms with van der Waals surface area (Å²) >= 11 is 1.40. The molecule has 162 valence electrons. The van der Waals surface area contributed by atoms with Crippen molar-refractivity contribution in [3.63, 3.8) is 0 Å². The largest absolute Gasteiger partial charge is 0.332 e. The van der Waals surface area contributed by atoms with Crippen molar-refractivity contribution in [1.82, 2.24) is 15.0 Å². The number of imidazole rings is 1. The molecule has 6 heteroatoms. The molecule has 4 aromatic rings. The van der Waals surface area contributed by atoms with E-state index in [-0.39, 0.29) is 11.2 Å². The van der Waals surface area contributed by atoms with Gasteiger partial charge in [0.15, 0.2) is 5.16 Å². The number of rotatable bonds is 6. The van der Waals surface area contributed by atoms with Gasteiger partial charge in [-0.25, -0.2) is 9.97 Å². The van der Waals surface area contributed by atoms with Gasteiger partial charge in [-0.15, -0.1) is 0 Å². The second-order valence-electron chi connectivity index (χ2n) is 7.92. The van der Waals surface area contributed by atoms with E-state index in [1.165, 1.54) is 22.9 Å². The van der Waals surface area contributed by atoms with Crippen molar-refractivity contribution in [3.05, 3.63) is 83.6 Å². The predicted molar refractivity (Wildman–Crippen MR) is 132 cm³/mol. The molecule has 2 N–H and O–H groups in total. The minimum absolute atomic E-state index is 0.109. The number of hydrogen-bond acceptors (Lipinski definition) is 4. The first-order chi connectivity index (χ1) is 15.4. The quantitative estimate of drug-likeness (QED) is 0.350. The number of nitrogens with one attached hydrogen (secondary N) is 2. The second kappa shape index (κ2) is 9.40. The number of aromatic amines is 1. The van der Waals surface area contributed by atoms with Crippen LogP contribution in [0.25, 0.3) is 22.5 Å². The number of carbonyl (C=O) groups is 1. The molecule has 1 atom stereocenters. The van der Waals surface area contributed by atoms with Gasteiger partial charge >= 0.3 is 0 Å². The van der Waals surface area contributed by atoms with Crippen LogP contribution in [0, 0.1) is 20.8 Å². The Bertz CT molecular complexity index is 1170. The van der Waals surface area contributed by atoms with Crippen molar-refractivity contribution >= 4 is 23.5 Å². The summed E-state index contributed by atoms with van der Waals surface area (Å²) < 4.78 is 0. The average molecular weight is 443 g/mol. The zero-order valence-electron chi connectivity index (χ0n) is 18.6. The molecular weight excluding hydrogens is 416 g/mol. The first-order valence-corrected chi connectivity index (χ1v) is 11.4. The smallest absolute Gasteiger partial charge is 0.238 e. The topological polar surface area (TPSA) is 70.7 Å². The summed E-state index contributed by atoms with van der Waals surface area (Å²) in [4.78, 5) is 25.3. The summed E-state index contributed by atoms with van der Waals surface area (Å²) in [6, 6.07) is 20.5. The van der Waals surface area contributed by atoms with Crippen LogP contribution in [0.1, 0.15) is 23.6 Å². The highest BCUT2D eigenvalue weighted by Crippen LogP contribution is 2.34. The molecule has 2 aromatic carbocycles. The maximum Gasteiger partial charge on any atom is 0.238 e. The number of benzene rings is 2. The summed E-state index contributed by atoms with van der Waals surface area (Å²) in [6.45, 7) is 7.94. The lowest BCUT2D eigenvalue weighted by Gasteiger charge is -2.11. The second-order valence-corrected chi connectivity index (χ2v) is 9.25. The van der Waals surface area contributed by atoms with Gasteiger partial charge in [0.2, 0.25) is 5.91 Å². The lowest BCUT2D eigenvalue weighted by Crippen LogP contribution is -2.23. The number of hydrogen-bond donors (Lipinski definition) is 2. The van der Waals surface area contributed by atoms with Crippen LogP contribution in [0.4, 0.5) is 5.82 Å². The number of aryl methyl sites for hydroxylation is 3. The van der Waals surface area contributed by atoms with Crippen molar-refractivity contribution in [3.8, 4) is 22.5 Å².